The second-order valence-corrected chi connectivity index (χ2v) is 10.3. The normalized spacial score (nSPS) is 16.3. The first kappa shape index (κ1) is 28.1. The zero-order chi connectivity index (χ0) is 28.6. The number of fused-ring (bicyclic) bond motifs is 3. The second kappa shape index (κ2) is 13.3. The minimum absolute atomic E-state index is 0.00528. The number of hydrogen-bond acceptors (Lipinski definition) is 8. The first-order chi connectivity index (χ1) is 20.0. The number of nitrogens with two attached hydrogens (primary N) is 1. The fourth-order valence-electron chi connectivity index (χ4n) is 5.28. The van der Waals surface area contributed by atoms with Crippen LogP contribution < -0.4 is 16.4 Å². The van der Waals surface area contributed by atoms with E-state index in [0.717, 1.165) is 34.2 Å². The summed E-state index contributed by atoms with van der Waals surface area (Å²) in [4.78, 5) is 26.0. The minimum Gasteiger partial charge on any atom is -0.449 e. The van der Waals surface area contributed by atoms with Gasteiger partial charge < -0.3 is 21.1 Å². The van der Waals surface area contributed by atoms with Gasteiger partial charge in [0, 0.05) is 18.4 Å². The van der Waals surface area contributed by atoms with E-state index in [4.69, 9.17) is 10.5 Å². The van der Waals surface area contributed by atoms with Gasteiger partial charge in [-0.05, 0) is 67.0 Å². The first-order valence-electron chi connectivity index (χ1n) is 14.0. The molecule has 0 saturated carbocycles. The fourth-order valence-corrected chi connectivity index (χ4v) is 5.28. The van der Waals surface area contributed by atoms with Crippen LogP contribution in [-0.4, -0.2) is 58.1 Å². The molecule has 2 aliphatic carbocycles. The summed E-state index contributed by atoms with van der Waals surface area (Å²) in [6.07, 6.45) is 7.98. The van der Waals surface area contributed by atoms with Crippen LogP contribution in [0.25, 0.3) is 11.1 Å². The molecule has 4 N–H and O–H groups in total. The van der Waals surface area contributed by atoms with Crippen LogP contribution in [0.5, 0.6) is 0 Å². The number of rotatable bonds is 11. The van der Waals surface area contributed by atoms with Crippen molar-refractivity contribution in [1.82, 2.24) is 31.0 Å². The number of allylic oxidation sites excluding steroid dienone is 2. The molecule has 2 unspecified atom stereocenters. The van der Waals surface area contributed by atoms with E-state index in [1.54, 1.807) is 6.92 Å². The molecule has 10 nitrogen and oxygen atoms in total. The molecule has 41 heavy (non-hydrogen) atoms. The molecule has 1 aromatic heterocycles. The maximum atomic E-state index is 13.1. The SMILES string of the molecule is Cc1nnc(C2C=CC(CNC(=O)C(CCCCN)NC(=O)OCC3c4ccccc4-c4ccccc43)=CC2)nn1. The van der Waals surface area contributed by atoms with Crippen molar-refractivity contribution >= 4 is 12.0 Å². The summed E-state index contributed by atoms with van der Waals surface area (Å²) >= 11 is 0. The monoisotopic (exact) mass is 553 g/mol. The van der Waals surface area contributed by atoms with Crippen molar-refractivity contribution in [3.8, 4) is 11.1 Å². The van der Waals surface area contributed by atoms with E-state index in [0.29, 0.717) is 44.0 Å². The van der Waals surface area contributed by atoms with Gasteiger partial charge in [0.1, 0.15) is 12.6 Å². The van der Waals surface area contributed by atoms with E-state index >= 15 is 0 Å². The molecule has 0 saturated heterocycles. The molecule has 0 aliphatic heterocycles. The van der Waals surface area contributed by atoms with E-state index in [1.807, 2.05) is 42.5 Å². The highest BCUT2D eigenvalue weighted by molar-refractivity contribution is 5.86. The Kier molecular flexibility index (Phi) is 9.10. The van der Waals surface area contributed by atoms with Gasteiger partial charge in [-0.25, -0.2) is 4.79 Å². The third-order valence-electron chi connectivity index (χ3n) is 7.47. The third kappa shape index (κ3) is 6.83. The molecule has 2 amide bonds. The number of benzene rings is 2. The van der Waals surface area contributed by atoms with Crippen LogP contribution in [0.4, 0.5) is 4.79 Å². The summed E-state index contributed by atoms with van der Waals surface area (Å²) in [5.41, 5.74) is 11.2. The Balaban J connectivity index is 1.15. The van der Waals surface area contributed by atoms with Gasteiger partial charge in [0.05, 0.1) is 0 Å². The molecule has 0 bridgehead atoms. The number of carbonyl (C=O) groups is 2. The lowest BCUT2D eigenvalue weighted by Crippen LogP contribution is -2.47. The fraction of sp³-hybridized carbons (Fsp3) is 0.355. The van der Waals surface area contributed by atoms with Gasteiger partial charge in [0.25, 0.3) is 0 Å². The van der Waals surface area contributed by atoms with Crippen molar-refractivity contribution in [3.05, 3.63) is 95.1 Å². The average molecular weight is 554 g/mol. The van der Waals surface area contributed by atoms with E-state index < -0.39 is 12.1 Å². The highest BCUT2D eigenvalue weighted by Gasteiger charge is 2.30. The second-order valence-electron chi connectivity index (χ2n) is 10.3. The van der Waals surface area contributed by atoms with Crippen LogP contribution in [0.3, 0.4) is 0 Å². The van der Waals surface area contributed by atoms with Crippen molar-refractivity contribution < 1.29 is 14.3 Å². The predicted octanol–water partition coefficient (Wildman–Crippen LogP) is 3.70. The molecule has 0 radical (unpaired) electrons. The minimum atomic E-state index is -0.726. The maximum absolute atomic E-state index is 13.1. The number of unbranched alkanes of at least 4 members (excludes halogenated alkanes) is 1. The van der Waals surface area contributed by atoms with E-state index in [2.05, 4.69) is 55.3 Å². The average Bonchev–Trinajstić information content (AvgIpc) is 3.32. The van der Waals surface area contributed by atoms with E-state index in [-0.39, 0.29) is 24.3 Å². The molecule has 2 atom stereocenters. The highest BCUT2D eigenvalue weighted by atomic mass is 16.5. The predicted molar refractivity (Wildman–Crippen MR) is 155 cm³/mol. The van der Waals surface area contributed by atoms with Crippen LogP contribution in [0, 0.1) is 6.92 Å². The van der Waals surface area contributed by atoms with Crippen LogP contribution in [0.2, 0.25) is 0 Å². The largest absolute Gasteiger partial charge is 0.449 e. The molecular formula is C31H35N7O3. The van der Waals surface area contributed by atoms with E-state index in [9.17, 15) is 9.59 Å². The van der Waals surface area contributed by atoms with Crippen LogP contribution in [-0.2, 0) is 9.53 Å². The summed E-state index contributed by atoms with van der Waals surface area (Å²) in [6.45, 7) is 2.79. The van der Waals surface area contributed by atoms with Crippen LogP contribution >= 0.6 is 0 Å². The molecule has 2 aliphatic rings. The Hall–Kier alpha value is -4.44. The molecule has 3 aromatic rings. The molecule has 10 heteroatoms. The summed E-state index contributed by atoms with van der Waals surface area (Å²) in [7, 11) is 0. The Morgan fingerprint density at radius 1 is 1.00 bits per heavy atom. The molecule has 1 heterocycles. The highest BCUT2D eigenvalue weighted by Crippen LogP contribution is 2.44. The Labute approximate surface area is 239 Å². The van der Waals surface area contributed by atoms with Crippen molar-refractivity contribution in [2.75, 3.05) is 19.7 Å². The number of hydrogen-bond donors (Lipinski definition) is 3. The van der Waals surface area contributed by atoms with Gasteiger partial charge in [-0.15, -0.1) is 20.4 Å². The number of nitrogens with one attached hydrogen (secondary N) is 2. The lowest BCUT2D eigenvalue weighted by Gasteiger charge is -2.20. The molecule has 5 rings (SSSR count). The third-order valence-corrected chi connectivity index (χ3v) is 7.47. The molecule has 212 valence electrons. The lowest BCUT2D eigenvalue weighted by molar-refractivity contribution is -0.123. The van der Waals surface area contributed by atoms with Crippen molar-refractivity contribution in [2.45, 2.75) is 50.5 Å². The Bertz CT molecular complexity index is 1390. The number of ether oxygens (including phenoxy) is 1. The zero-order valence-electron chi connectivity index (χ0n) is 23.1. The summed E-state index contributed by atoms with van der Waals surface area (Å²) in [5.74, 6) is 0.776. The molecule has 0 spiro atoms. The summed E-state index contributed by atoms with van der Waals surface area (Å²) in [5, 5.41) is 21.9. The summed E-state index contributed by atoms with van der Waals surface area (Å²) in [6, 6.07) is 15.6. The maximum Gasteiger partial charge on any atom is 0.407 e. The zero-order valence-corrected chi connectivity index (χ0v) is 23.1. The number of carbonyl (C=O) groups excluding carboxylic acids is 2. The van der Waals surface area contributed by atoms with Crippen LogP contribution in [0.1, 0.15) is 60.3 Å². The molecule has 2 aromatic carbocycles. The smallest absolute Gasteiger partial charge is 0.407 e. The number of amides is 2. The lowest BCUT2D eigenvalue weighted by atomic mass is 9.96. The number of aryl methyl sites for hydroxylation is 1. The van der Waals surface area contributed by atoms with Crippen molar-refractivity contribution in [1.29, 1.82) is 0 Å². The Morgan fingerprint density at radius 2 is 1.68 bits per heavy atom. The van der Waals surface area contributed by atoms with Gasteiger partial charge in [0.15, 0.2) is 11.6 Å². The number of nitrogens with zero attached hydrogens (tertiary/aromatic N) is 4. The standard InChI is InChI=1S/C31H35N7O3/c1-20-35-37-29(38-36-20)22-15-13-21(14-16-22)18-33-30(39)28(12-6-7-17-32)34-31(40)41-19-27-25-10-4-2-8-23(25)24-9-3-5-11-26(24)27/h2-5,8-11,13-15,22,27-28H,6-7,12,16-19,32H2,1H3,(H,33,39)(H,34,40). The number of aromatic nitrogens is 4. The van der Waals surface area contributed by atoms with Gasteiger partial charge in [0.2, 0.25) is 5.91 Å². The van der Waals surface area contributed by atoms with Gasteiger partial charge in [-0.1, -0.05) is 66.8 Å². The van der Waals surface area contributed by atoms with Crippen molar-refractivity contribution in [2.24, 2.45) is 5.73 Å². The van der Waals surface area contributed by atoms with Gasteiger partial charge in [-0.3, -0.25) is 4.79 Å². The molecule has 0 fully saturated rings. The topological polar surface area (TPSA) is 145 Å². The number of alkyl carbamates (subject to hydrolysis) is 1. The molecular weight excluding hydrogens is 518 g/mol. The van der Waals surface area contributed by atoms with Crippen molar-refractivity contribution in [3.63, 3.8) is 0 Å². The Morgan fingerprint density at radius 3 is 2.32 bits per heavy atom. The first-order valence-corrected chi connectivity index (χ1v) is 14.0. The summed E-state index contributed by atoms with van der Waals surface area (Å²) < 4.78 is 5.68. The van der Waals surface area contributed by atoms with Crippen LogP contribution in [0.15, 0.2) is 72.3 Å². The van der Waals surface area contributed by atoms with Gasteiger partial charge >= 0.3 is 6.09 Å². The van der Waals surface area contributed by atoms with E-state index in [1.165, 1.54) is 0 Å². The quantitative estimate of drug-likeness (QED) is 0.305. The van der Waals surface area contributed by atoms with Gasteiger partial charge in [-0.2, -0.15) is 0 Å².